The molecule has 2 rings (SSSR count). The van der Waals surface area contributed by atoms with Crippen LogP contribution in [0.5, 0.6) is 5.75 Å². The molecule has 1 aliphatic carbocycles. The van der Waals surface area contributed by atoms with Gasteiger partial charge in [0.25, 0.3) is 0 Å². The summed E-state index contributed by atoms with van der Waals surface area (Å²) in [7, 11) is 5.72. The van der Waals surface area contributed by atoms with Crippen LogP contribution in [0.25, 0.3) is 0 Å². The smallest absolute Gasteiger partial charge is 0.123 e. The highest BCUT2D eigenvalue weighted by Gasteiger charge is 2.52. The molecule has 1 aromatic carbocycles. The van der Waals surface area contributed by atoms with Gasteiger partial charge in [-0.25, -0.2) is 0 Å². The summed E-state index contributed by atoms with van der Waals surface area (Å²) in [5, 5.41) is 9.38. The first kappa shape index (κ1) is 11.9. The van der Waals surface area contributed by atoms with Gasteiger partial charge in [0, 0.05) is 5.56 Å². The van der Waals surface area contributed by atoms with Crippen molar-refractivity contribution < 1.29 is 4.74 Å². The predicted octanol–water partition coefficient (Wildman–Crippen LogP) is 2.60. The minimum absolute atomic E-state index is 0.114. The Balaban J connectivity index is 2.44. The Morgan fingerprint density at radius 1 is 1.35 bits per heavy atom. The Labute approximate surface area is 103 Å². The van der Waals surface area contributed by atoms with Gasteiger partial charge >= 0.3 is 0 Å². The normalized spacial score (nSPS) is 18.5. The largest absolute Gasteiger partial charge is 0.496 e. The van der Waals surface area contributed by atoms with Crippen molar-refractivity contribution >= 4 is 0 Å². The number of hydrogen-bond donors (Lipinski definition) is 0. The molecule has 0 aromatic heterocycles. The first-order valence-electron chi connectivity index (χ1n) is 5.85. The van der Waals surface area contributed by atoms with Crippen LogP contribution in [0.3, 0.4) is 0 Å². The molecular formula is C14H18N2O. The highest BCUT2D eigenvalue weighted by molar-refractivity contribution is 5.40. The molecule has 1 atom stereocenters. The number of nitrogens with zero attached hydrogens (tertiary/aromatic N) is 2. The summed E-state index contributed by atoms with van der Waals surface area (Å²) in [5.41, 5.74) is 0.886. The minimum atomic E-state index is -0.224. The molecule has 0 N–H and O–H groups in total. The molecule has 3 heteroatoms. The molecule has 0 aliphatic heterocycles. The molecule has 0 heterocycles. The zero-order chi connectivity index (χ0) is 12.5. The van der Waals surface area contributed by atoms with Crippen LogP contribution in [0.4, 0.5) is 0 Å². The molecule has 1 saturated carbocycles. The van der Waals surface area contributed by atoms with E-state index in [1.807, 2.05) is 32.3 Å². The fraction of sp³-hybridized carbons (Fsp3) is 0.500. The quantitative estimate of drug-likeness (QED) is 0.797. The number of hydrogen-bond acceptors (Lipinski definition) is 3. The molecule has 0 saturated heterocycles. The van der Waals surface area contributed by atoms with Gasteiger partial charge in [-0.3, -0.25) is 0 Å². The fourth-order valence-corrected chi connectivity index (χ4v) is 2.54. The van der Waals surface area contributed by atoms with Gasteiger partial charge in [0.05, 0.1) is 24.6 Å². The lowest BCUT2D eigenvalue weighted by Gasteiger charge is -2.30. The molecule has 17 heavy (non-hydrogen) atoms. The highest BCUT2D eigenvalue weighted by Crippen LogP contribution is 2.57. The van der Waals surface area contributed by atoms with Crippen LogP contribution in [0, 0.1) is 16.7 Å². The van der Waals surface area contributed by atoms with Gasteiger partial charge in [-0.1, -0.05) is 18.2 Å². The second-order valence-corrected chi connectivity index (χ2v) is 4.88. The Kier molecular flexibility index (Phi) is 3.08. The van der Waals surface area contributed by atoms with Gasteiger partial charge in [0.15, 0.2) is 0 Å². The van der Waals surface area contributed by atoms with Crippen LogP contribution in [0.1, 0.15) is 24.4 Å². The molecule has 1 aliphatic rings. The standard InChI is InChI=1S/C14H18N2O/c1-16(2)13(14(10-15)8-9-14)11-6-4-5-7-12(11)17-3/h4-7,13H,8-9H2,1-3H3. The third-order valence-corrected chi connectivity index (χ3v) is 3.48. The molecule has 1 fully saturated rings. The second kappa shape index (κ2) is 4.38. The minimum Gasteiger partial charge on any atom is -0.496 e. The van der Waals surface area contributed by atoms with Crippen molar-refractivity contribution in [2.75, 3.05) is 21.2 Å². The van der Waals surface area contributed by atoms with Crippen LogP contribution < -0.4 is 4.74 Å². The van der Waals surface area contributed by atoms with Crippen molar-refractivity contribution in [2.45, 2.75) is 18.9 Å². The van der Waals surface area contributed by atoms with Crippen molar-refractivity contribution in [3.05, 3.63) is 29.8 Å². The predicted molar refractivity (Wildman–Crippen MR) is 66.7 cm³/mol. The molecule has 0 amide bonds. The Morgan fingerprint density at radius 3 is 2.47 bits per heavy atom. The van der Waals surface area contributed by atoms with Gasteiger partial charge in [-0.05, 0) is 33.0 Å². The van der Waals surface area contributed by atoms with Crippen LogP contribution in [-0.2, 0) is 0 Å². The zero-order valence-corrected chi connectivity index (χ0v) is 10.6. The zero-order valence-electron chi connectivity index (χ0n) is 10.6. The molecule has 1 unspecified atom stereocenters. The van der Waals surface area contributed by atoms with E-state index in [0.29, 0.717) is 0 Å². The molecule has 0 radical (unpaired) electrons. The average Bonchev–Trinajstić information content (AvgIpc) is 3.10. The third kappa shape index (κ3) is 2.01. The Hall–Kier alpha value is -1.53. The van der Waals surface area contributed by atoms with Crippen molar-refractivity contribution in [2.24, 2.45) is 5.41 Å². The maximum Gasteiger partial charge on any atom is 0.123 e. The molecule has 0 spiro atoms. The molecular weight excluding hydrogens is 212 g/mol. The lowest BCUT2D eigenvalue weighted by molar-refractivity contribution is 0.226. The number of ether oxygens (including phenoxy) is 1. The van der Waals surface area contributed by atoms with E-state index >= 15 is 0 Å². The van der Waals surface area contributed by atoms with Gasteiger partial charge < -0.3 is 9.64 Å². The lowest BCUT2D eigenvalue weighted by atomic mass is 9.89. The number of rotatable bonds is 4. The maximum absolute atomic E-state index is 9.38. The summed E-state index contributed by atoms with van der Waals surface area (Å²) in [5.74, 6) is 0.868. The number of benzene rings is 1. The number of para-hydroxylation sites is 1. The summed E-state index contributed by atoms with van der Waals surface area (Å²) < 4.78 is 5.41. The van der Waals surface area contributed by atoms with Crippen LogP contribution in [-0.4, -0.2) is 26.1 Å². The average molecular weight is 230 g/mol. The van der Waals surface area contributed by atoms with Gasteiger partial charge in [0.1, 0.15) is 5.75 Å². The van der Waals surface area contributed by atoms with Crippen molar-refractivity contribution in [1.29, 1.82) is 5.26 Å². The fourth-order valence-electron chi connectivity index (χ4n) is 2.54. The topological polar surface area (TPSA) is 36.3 Å². The highest BCUT2D eigenvalue weighted by atomic mass is 16.5. The van der Waals surface area contributed by atoms with E-state index in [1.54, 1.807) is 7.11 Å². The van der Waals surface area contributed by atoms with Crippen LogP contribution in [0.2, 0.25) is 0 Å². The first-order chi connectivity index (χ1) is 8.14. The second-order valence-electron chi connectivity index (χ2n) is 4.88. The van der Waals surface area contributed by atoms with E-state index in [0.717, 1.165) is 24.2 Å². The van der Waals surface area contributed by atoms with E-state index < -0.39 is 0 Å². The monoisotopic (exact) mass is 230 g/mol. The summed E-state index contributed by atoms with van der Waals surface area (Å²) in [6.45, 7) is 0. The molecule has 90 valence electrons. The van der Waals surface area contributed by atoms with Crippen molar-refractivity contribution in [3.8, 4) is 11.8 Å². The Morgan fingerprint density at radius 2 is 2.00 bits per heavy atom. The van der Waals surface area contributed by atoms with Crippen molar-refractivity contribution in [1.82, 2.24) is 4.90 Å². The van der Waals surface area contributed by atoms with Gasteiger partial charge in [-0.2, -0.15) is 5.26 Å². The summed E-state index contributed by atoms with van der Waals surface area (Å²) in [6, 6.07) is 10.6. The number of nitriles is 1. The van der Waals surface area contributed by atoms with Gasteiger partial charge in [0.2, 0.25) is 0 Å². The van der Waals surface area contributed by atoms with E-state index in [-0.39, 0.29) is 11.5 Å². The van der Waals surface area contributed by atoms with Gasteiger partial charge in [-0.15, -0.1) is 0 Å². The summed E-state index contributed by atoms with van der Waals surface area (Å²) >= 11 is 0. The molecule has 0 bridgehead atoms. The first-order valence-corrected chi connectivity index (χ1v) is 5.85. The Bertz CT molecular complexity index is 444. The van der Waals surface area contributed by atoms with Crippen molar-refractivity contribution in [3.63, 3.8) is 0 Å². The van der Waals surface area contributed by atoms with E-state index in [1.165, 1.54) is 0 Å². The molecule has 3 nitrogen and oxygen atoms in total. The maximum atomic E-state index is 9.38. The summed E-state index contributed by atoms with van der Waals surface area (Å²) in [4.78, 5) is 2.12. The van der Waals surface area contributed by atoms with Crippen LogP contribution in [0.15, 0.2) is 24.3 Å². The lowest BCUT2D eigenvalue weighted by Crippen LogP contribution is -2.28. The summed E-state index contributed by atoms with van der Waals surface area (Å²) in [6.07, 6.45) is 1.95. The van der Waals surface area contributed by atoms with E-state index in [2.05, 4.69) is 17.0 Å². The third-order valence-electron chi connectivity index (χ3n) is 3.48. The van der Waals surface area contributed by atoms with E-state index in [4.69, 9.17) is 4.74 Å². The number of methoxy groups -OCH3 is 1. The molecule has 1 aromatic rings. The SMILES string of the molecule is COc1ccccc1C(N(C)C)C1(C#N)CC1. The van der Waals surface area contributed by atoms with E-state index in [9.17, 15) is 5.26 Å². The van der Waals surface area contributed by atoms with Crippen LogP contribution >= 0.6 is 0 Å².